The number of hydrogen-bond acceptors (Lipinski definition) is 7. The van der Waals surface area contributed by atoms with Crippen molar-refractivity contribution in [1.82, 2.24) is 15.0 Å². The van der Waals surface area contributed by atoms with Gasteiger partial charge in [-0.25, -0.2) is 15.0 Å². The molecule has 0 amide bonds. The van der Waals surface area contributed by atoms with Crippen LogP contribution in [0, 0.1) is 0 Å². The highest BCUT2D eigenvalue weighted by atomic mass is 32.2. The van der Waals surface area contributed by atoms with Crippen molar-refractivity contribution in [1.29, 1.82) is 0 Å². The zero-order chi connectivity index (χ0) is 13.2. The van der Waals surface area contributed by atoms with Gasteiger partial charge in [0.2, 0.25) is 0 Å². The van der Waals surface area contributed by atoms with E-state index < -0.39 is 0 Å². The van der Waals surface area contributed by atoms with E-state index >= 15 is 0 Å². The average Bonchev–Trinajstić information content (AvgIpc) is 2.92. The van der Waals surface area contributed by atoms with Gasteiger partial charge in [-0.2, -0.15) is 0 Å². The second-order valence-corrected chi connectivity index (χ2v) is 5.75. The Bertz CT molecular complexity index is 716. The van der Waals surface area contributed by atoms with Crippen molar-refractivity contribution in [3.8, 4) is 11.5 Å². The summed E-state index contributed by atoms with van der Waals surface area (Å²) in [6.45, 7) is 0. The quantitative estimate of drug-likeness (QED) is 0.748. The highest BCUT2D eigenvalue weighted by Crippen LogP contribution is 2.36. The van der Waals surface area contributed by atoms with Gasteiger partial charge in [-0.3, -0.25) is 0 Å². The lowest BCUT2D eigenvalue weighted by atomic mass is 10.2. The summed E-state index contributed by atoms with van der Waals surface area (Å²) in [4.78, 5) is 12.6. The van der Waals surface area contributed by atoms with Gasteiger partial charge < -0.3 is 9.84 Å². The van der Waals surface area contributed by atoms with Crippen LogP contribution in [0.25, 0.3) is 10.9 Å². The fraction of sp³-hybridized carbons (Fsp3) is 0.0833. The van der Waals surface area contributed by atoms with Crippen molar-refractivity contribution < 1.29 is 9.84 Å². The minimum atomic E-state index is 0.0748. The summed E-state index contributed by atoms with van der Waals surface area (Å²) in [5, 5.41) is 13.3. The molecule has 0 saturated carbocycles. The summed E-state index contributed by atoms with van der Waals surface area (Å²) in [5.74, 6) is 0.474. The maximum atomic E-state index is 9.86. The summed E-state index contributed by atoms with van der Waals surface area (Å²) in [5.41, 5.74) is 0.726. The molecule has 1 N–H and O–H groups in total. The topological polar surface area (TPSA) is 68.1 Å². The van der Waals surface area contributed by atoms with Crippen LogP contribution < -0.4 is 4.74 Å². The van der Waals surface area contributed by atoms with Gasteiger partial charge >= 0.3 is 0 Å². The third-order valence-corrected chi connectivity index (χ3v) is 4.40. The smallest absolute Gasteiger partial charge is 0.162 e. The van der Waals surface area contributed by atoms with Gasteiger partial charge in [-0.15, -0.1) is 11.3 Å². The molecule has 0 fully saturated rings. The number of aromatic hydroxyl groups is 1. The van der Waals surface area contributed by atoms with Crippen molar-refractivity contribution in [3.05, 3.63) is 30.0 Å². The van der Waals surface area contributed by atoms with Gasteiger partial charge in [0.25, 0.3) is 0 Å². The highest BCUT2D eigenvalue weighted by molar-refractivity contribution is 8.01. The molecule has 0 aliphatic carbocycles. The summed E-state index contributed by atoms with van der Waals surface area (Å²) < 4.78 is 5.97. The van der Waals surface area contributed by atoms with Crippen LogP contribution in [0.1, 0.15) is 0 Å². The molecule has 19 heavy (non-hydrogen) atoms. The van der Waals surface area contributed by atoms with Crippen molar-refractivity contribution >= 4 is 34.0 Å². The number of ether oxygens (including phenoxy) is 1. The fourth-order valence-electron chi connectivity index (χ4n) is 1.64. The van der Waals surface area contributed by atoms with Crippen molar-refractivity contribution in [2.75, 3.05) is 7.11 Å². The molecule has 1 aromatic carbocycles. The number of hydrogen-bond donors (Lipinski definition) is 1. The van der Waals surface area contributed by atoms with E-state index in [2.05, 4.69) is 15.0 Å². The number of nitrogens with zero attached hydrogens (tertiary/aromatic N) is 3. The number of phenols is 1. The molecule has 7 heteroatoms. The van der Waals surface area contributed by atoms with Crippen LogP contribution in [-0.2, 0) is 0 Å². The van der Waals surface area contributed by atoms with Crippen LogP contribution in [0.4, 0.5) is 0 Å². The maximum Gasteiger partial charge on any atom is 0.162 e. The number of methoxy groups -OCH3 is 1. The normalized spacial score (nSPS) is 10.8. The van der Waals surface area contributed by atoms with Crippen LogP contribution in [-0.4, -0.2) is 27.2 Å². The largest absolute Gasteiger partial charge is 0.504 e. The van der Waals surface area contributed by atoms with Crippen LogP contribution in [0.5, 0.6) is 11.5 Å². The van der Waals surface area contributed by atoms with Crippen molar-refractivity contribution in [2.45, 2.75) is 9.37 Å². The van der Waals surface area contributed by atoms with Gasteiger partial charge in [0, 0.05) is 23.0 Å². The molecule has 0 aliphatic rings. The highest BCUT2D eigenvalue weighted by Gasteiger charge is 2.11. The van der Waals surface area contributed by atoms with E-state index in [-0.39, 0.29) is 5.75 Å². The van der Waals surface area contributed by atoms with Crippen molar-refractivity contribution in [2.24, 2.45) is 0 Å². The molecule has 3 rings (SSSR count). The Morgan fingerprint density at radius 1 is 1.26 bits per heavy atom. The Morgan fingerprint density at radius 2 is 2.16 bits per heavy atom. The standard InChI is InChI=1S/C12H9N3O2S2/c1-17-10-5-8-7(4-9(10)16)11(15-6-14-8)19-12-13-2-3-18-12/h2-6,16H,1H3. The molecule has 0 saturated heterocycles. The summed E-state index contributed by atoms with van der Waals surface area (Å²) >= 11 is 2.99. The molecule has 0 aliphatic heterocycles. The molecule has 2 heterocycles. The van der Waals surface area contributed by atoms with E-state index in [0.717, 1.165) is 20.3 Å². The third kappa shape index (κ3) is 2.34. The molecule has 2 aromatic heterocycles. The predicted octanol–water partition coefficient (Wildman–Crippen LogP) is 2.95. The molecule has 0 radical (unpaired) electrons. The zero-order valence-corrected chi connectivity index (χ0v) is 11.5. The summed E-state index contributed by atoms with van der Waals surface area (Å²) in [6, 6.07) is 3.31. The van der Waals surface area contributed by atoms with E-state index in [9.17, 15) is 5.11 Å². The summed E-state index contributed by atoms with van der Waals surface area (Å²) in [7, 11) is 1.51. The van der Waals surface area contributed by atoms with Gasteiger partial charge in [0.05, 0.1) is 12.6 Å². The molecule has 0 spiro atoms. The molecular formula is C12H9N3O2S2. The minimum Gasteiger partial charge on any atom is -0.504 e. The maximum absolute atomic E-state index is 9.86. The van der Waals surface area contributed by atoms with Gasteiger partial charge in [0.1, 0.15) is 11.4 Å². The monoisotopic (exact) mass is 291 g/mol. The number of benzene rings is 1. The average molecular weight is 291 g/mol. The Kier molecular flexibility index (Phi) is 3.22. The number of phenolic OH excluding ortho intramolecular Hbond substituents is 1. The Labute approximate surface area is 117 Å². The second-order valence-electron chi connectivity index (χ2n) is 3.62. The fourth-order valence-corrected chi connectivity index (χ4v) is 3.25. The first-order valence-electron chi connectivity index (χ1n) is 5.37. The molecule has 5 nitrogen and oxygen atoms in total. The lowest BCUT2D eigenvalue weighted by Gasteiger charge is -2.07. The SMILES string of the molecule is COc1cc2ncnc(Sc3nccs3)c2cc1O. The van der Waals surface area contributed by atoms with E-state index in [1.54, 1.807) is 29.7 Å². The second kappa shape index (κ2) is 5.02. The number of rotatable bonds is 3. The van der Waals surface area contributed by atoms with Crippen molar-refractivity contribution in [3.63, 3.8) is 0 Å². The van der Waals surface area contributed by atoms with Gasteiger partial charge in [0.15, 0.2) is 15.8 Å². The van der Waals surface area contributed by atoms with Crippen LogP contribution in [0.2, 0.25) is 0 Å². The van der Waals surface area contributed by atoms with E-state index in [1.807, 2.05) is 5.38 Å². The lowest BCUT2D eigenvalue weighted by molar-refractivity contribution is 0.374. The first-order valence-corrected chi connectivity index (χ1v) is 7.06. The number of thiazole rings is 1. The first-order chi connectivity index (χ1) is 9.28. The third-order valence-electron chi connectivity index (χ3n) is 2.49. The molecular weight excluding hydrogens is 282 g/mol. The Morgan fingerprint density at radius 3 is 2.89 bits per heavy atom. The van der Waals surface area contributed by atoms with Gasteiger partial charge in [-0.05, 0) is 17.8 Å². The molecule has 0 atom stereocenters. The molecule has 3 aromatic rings. The minimum absolute atomic E-state index is 0.0748. The van der Waals surface area contributed by atoms with Crippen LogP contribution >= 0.6 is 23.1 Å². The Balaban J connectivity index is 2.12. The molecule has 0 unspecified atom stereocenters. The zero-order valence-electron chi connectivity index (χ0n) is 9.90. The van der Waals surface area contributed by atoms with E-state index in [1.165, 1.54) is 25.2 Å². The van der Waals surface area contributed by atoms with Gasteiger partial charge in [-0.1, -0.05) is 0 Å². The predicted molar refractivity (Wildman–Crippen MR) is 74.0 cm³/mol. The van der Waals surface area contributed by atoms with E-state index in [4.69, 9.17) is 4.74 Å². The Hall–Kier alpha value is -1.86. The molecule has 96 valence electrons. The number of aromatic nitrogens is 3. The number of fused-ring (bicyclic) bond motifs is 1. The summed E-state index contributed by atoms with van der Waals surface area (Å²) in [6.07, 6.45) is 3.24. The first kappa shape index (κ1) is 12.2. The lowest BCUT2D eigenvalue weighted by Crippen LogP contribution is -1.89. The molecule has 0 bridgehead atoms. The van der Waals surface area contributed by atoms with Crippen LogP contribution in [0.3, 0.4) is 0 Å². The van der Waals surface area contributed by atoms with E-state index in [0.29, 0.717) is 5.75 Å². The van der Waals surface area contributed by atoms with Crippen LogP contribution in [0.15, 0.2) is 39.4 Å².